The standard InChI is InChI=1S/C16H32N6O5/c1-4-8(2)11(15(26)27)21-14(25)12(9(3)23)22-13(24)10(17)6-5-7-20-16(18)19/h8-12,23H,4-7,17H2,1-3H3,(H,21,25)(H,22,24)(H,26,27)(H4,18,19,20). The molecule has 0 aliphatic heterocycles. The number of nitrogens with one attached hydrogen (secondary N) is 2. The van der Waals surface area contributed by atoms with Gasteiger partial charge < -0.3 is 38.0 Å². The molecule has 0 rings (SSSR count). The molecule has 0 saturated carbocycles. The lowest BCUT2D eigenvalue weighted by molar-refractivity contribution is -0.144. The van der Waals surface area contributed by atoms with Gasteiger partial charge in [0.25, 0.3) is 0 Å². The molecule has 27 heavy (non-hydrogen) atoms. The minimum absolute atomic E-state index is 0.0619. The van der Waals surface area contributed by atoms with Crippen LogP contribution in [0.5, 0.6) is 0 Å². The first-order chi connectivity index (χ1) is 12.5. The number of carboxylic acids is 1. The summed E-state index contributed by atoms with van der Waals surface area (Å²) in [7, 11) is 0. The molecule has 0 aromatic rings. The zero-order valence-electron chi connectivity index (χ0n) is 16.0. The summed E-state index contributed by atoms with van der Waals surface area (Å²) < 4.78 is 0. The molecule has 11 nitrogen and oxygen atoms in total. The van der Waals surface area contributed by atoms with Gasteiger partial charge in [0, 0.05) is 6.54 Å². The van der Waals surface area contributed by atoms with Crippen LogP contribution >= 0.6 is 0 Å². The van der Waals surface area contributed by atoms with E-state index in [0.29, 0.717) is 19.4 Å². The van der Waals surface area contributed by atoms with Crippen molar-refractivity contribution in [2.24, 2.45) is 28.1 Å². The highest BCUT2D eigenvalue weighted by atomic mass is 16.4. The number of carbonyl (C=O) groups is 3. The number of nitrogens with two attached hydrogens (primary N) is 3. The van der Waals surface area contributed by atoms with Crippen LogP contribution in [-0.4, -0.2) is 64.7 Å². The Bertz CT molecular complexity index is 535. The first kappa shape index (κ1) is 24.6. The van der Waals surface area contributed by atoms with Gasteiger partial charge in [0.1, 0.15) is 12.1 Å². The smallest absolute Gasteiger partial charge is 0.326 e. The highest BCUT2D eigenvalue weighted by Crippen LogP contribution is 2.09. The predicted octanol–water partition coefficient (Wildman–Crippen LogP) is -2.15. The van der Waals surface area contributed by atoms with Gasteiger partial charge in [-0.3, -0.25) is 14.6 Å². The van der Waals surface area contributed by atoms with E-state index in [1.54, 1.807) is 13.8 Å². The Kier molecular flexibility index (Phi) is 11.0. The Balaban J connectivity index is 4.86. The van der Waals surface area contributed by atoms with E-state index >= 15 is 0 Å². The van der Waals surface area contributed by atoms with Crippen LogP contribution in [0.3, 0.4) is 0 Å². The summed E-state index contributed by atoms with van der Waals surface area (Å²) >= 11 is 0. The second-order valence-corrected chi connectivity index (χ2v) is 6.49. The lowest BCUT2D eigenvalue weighted by Crippen LogP contribution is -2.59. The molecule has 0 saturated heterocycles. The molecule has 0 fully saturated rings. The largest absolute Gasteiger partial charge is 0.480 e. The number of amides is 2. The molecule has 0 aliphatic carbocycles. The second kappa shape index (κ2) is 12.1. The van der Waals surface area contributed by atoms with Crippen molar-refractivity contribution in [2.75, 3.05) is 6.54 Å². The van der Waals surface area contributed by atoms with Gasteiger partial charge in [-0.1, -0.05) is 20.3 Å². The summed E-state index contributed by atoms with van der Waals surface area (Å²) in [5.41, 5.74) is 16.2. The monoisotopic (exact) mass is 388 g/mol. The minimum atomic E-state index is -1.33. The number of aliphatic hydroxyl groups excluding tert-OH is 1. The average molecular weight is 388 g/mol. The second-order valence-electron chi connectivity index (χ2n) is 6.49. The molecule has 0 heterocycles. The molecule has 5 unspecified atom stereocenters. The predicted molar refractivity (Wildman–Crippen MR) is 101 cm³/mol. The van der Waals surface area contributed by atoms with Crippen LogP contribution in [0.15, 0.2) is 4.99 Å². The van der Waals surface area contributed by atoms with E-state index in [9.17, 15) is 24.6 Å². The van der Waals surface area contributed by atoms with Gasteiger partial charge >= 0.3 is 5.97 Å². The zero-order valence-corrected chi connectivity index (χ0v) is 16.0. The van der Waals surface area contributed by atoms with E-state index in [1.165, 1.54) is 6.92 Å². The third kappa shape index (κ3) is 9.20. The molecule has 0 spiro atoms. The lowest BCUT2D eigenvalue weighted by Gasteiger charge is -2.26. The minimum Gasteiger partial charge on any atom is -0.480 e. The van der Waals surface area contributed by atoms with E-state index in [0.717, 1.165) is 0 Å². The molecule has 0 aliphatic rings. The van der Waals surface area contributed by atoms with E-state index in [1.807, 2.05) is 0 Å². The van der Waals surface area contributed by atoms with Crippen LogP contribution in [-0.2, 0) is 14.4 Å². The molecule has 156 valence electrons. The van der Waals surface area contributed by atoms with E-state index in [2.05, 4.69) is 15.6 Å². The Morgan fingerprint density at radius 3 is 2.07 bits per heavy atom. The normalized spacial score (nSPS) is 16.3. The number of aliphatic carboxylic acids is 1. The average Bonchev–Trinajstić information content (AvgIpc) is 2.58. The Morgan fingerprint density at radius 2 is 1.63 bits per heavy atom. The first-order valence-corrected chi connectivity index (χ1v) is 8.83. The molecule has 10 N–H and O–H groups in total. The number of carbonyl (C=O) groups excluding carboxylic acids is 2. The van der Waals surface area contributed by atoms with E-state index in [4.69, 9.17) is 17.2 Å². The summed E-state index contributed by atoms with van der Waals surface area (Å²) in [5, 5.41) is 23.8. The summed E-state index contributed by atoms with van der Waals surface area (Å²) in [6.07, 6.45) is 0.00664. The summed E-state index contributed by atoms with van der Waals surface area (Å²) in [4.78, 5) is 39.7. The van der Waals surface area contributed by atoms with Crippen molar-refractivity contribution >= 4 is 23.7 Å². The summed E-state index contributed by atoms with van der Waals surface area (Å²) in [6, 6.07) is -3.39. The number of hydrogen-bond donors (Lipinski definition) is 7. The van der Waals surface area contributed by atoms with Crippen LogP contribution in [0.25, 0.3) is 0 Å². The van der Waals surface area contributed by atoms with Gasteiger partial charge in [-0.15, -0.1) is 0 Å². The number of guanidine groups is 1. The van der Waals surface area contributed by atoms with Crippen molar-refractivity contribution in [3.05, 3.63) is 0 Å². The van der Waals surface area contributed by atoms with Gasteiger partial charge in [-0.2, -0.15) is 0 Å². The third-order valence-electron chi connectivity index (χ3n) is 4.14. The summed E-state index contributed by atoms with van der Waals surface area (Å²) in [6.45, 7) is 5.09. The maximum absolute atomic E-state index is 12.4. The van der Waals surface area contributed by atoms with Crippen molar-refractivity contribution in [2.45, 2.75) is 64.3 Å². The molecule has 0 aromatic carbocycles. The third-order valence-corrected chi connectivity index (χ3v) is 4.14. The van der Waals surface area contributed by atoms with Crippen molar-refractivity contribution in [1.82, 2.24) is 10.6 Å². The molecule has 0 bridgehead atoms. The Morgan fingerprint density at radius 1 is 1.07 bits per heavy atom. The summed E-state index contributed by atoms with van der Waals surface area (Å²) in [5.74, 6) is -3.01. The fraction of sp³-hybridized carbons (Fsp3) is 0.750. The van der Waals surface area contributed by atoms with Crippen LogP contribution in [0.2, 0.25) is 0 Å². The number of nitrogens with zero attached hydrogens (tertiary/aromatic N) is 1. The van der Waals surface area contributed by atoms with Crippen molar-refractivity contribution in [1.29, 1.82) is 0 Å². The zero-order chi connectivity index (χ0) is 21.1. The fourth-order valence-electron chi connectivity index (χ4n) is 2.24. The quantitative estimate of drug-likeness (QED) is 0.111. The van der Waals surface area contributed by atoms with Crippen LogP contribution in [0.1, 0.15) is 40.0 Å². The van der Waals surface area contributed by atoms with Gasteiger partial charge in [-0.25, -0.2) is 4.79 Å². The van der Waals surface area contributed by atoms with Crippen molar-refractivity contribution < 1.29 is 24.6 Å². The molecule has 5 atom stereocenters. The Hall–Kier alpha value is -2.40. The van der Waals surface area contributed by atoms with Crippen molar-refractivity contribution in [3.8, 4) is 0 Å². The molecular formula is C16H32N6O5. The first-order valence-electron chi connectivity index (χ1n) is 8.83. The number of aliphatic hydroxyl groups is 1. The topological polar surface area (TPSA) is 206 Å². The molecular weight excluding hydrogens is 356 g/mol. The van der Waals surface area contributed by atoms with Crippen LogP contribution < -0.4 is 27.8 Å². The van der Waals surface area contributed by atoms with E-state index in [-0.39, 0.29) is 18.3 Å². The molecule has 11 heteroatoms. The van der Waals surface area contributed by atoms with Crippen molar-refractivity contribution in [3.63, 3.8) is 0 Å². The SMILES string of the molecule is CCC(C)C(NC(=O)C(NC(=O)C(N)CCCN=C(N)N)C(C)O)C(=O)O. The maximum Gasteiger partial charge on any atom is 0.326 e. The highest BCUT2D eigenvalue weighted by molar-refractivity contribution is 5.92. The maximum atomic E-state index is 12.4. The lowest BCUT2D eigenvalue weighted by atomic mass is 9.98. The van der Waals surface area contributed by atoms with Gasteiger partial charge in [-0.05, 0) is 25.7 Å². The van der Waals surface area contributed by atoms with Gasteiger partial charge in [0.2, 0.25) is 11.8 Å². The highest BCUT2D eigenvalue weighted by Gasteiger charge is 2.32. The number of carboxylic acid groups (broad SMARTS) is 1. The van der Waals surface area contributed by atoms with Crippen LogP contribution in [0.4, 0.5) is 0 Å². The Labute approximate surface area is 158 Å². The van der Waals surface area contributed by atoms with Crippen LogP contribution in [0, 0.1) is 5.92 Å². The van der Waals surface area contributed by atoms with Gasteiger partial charge in [0.15, 0.2) is 5.96 Å². The molecule has 2 amide bonds. The number of hydrogen-bond acceptors (Lipinski definition) is 6. The van der Waals surface area contributed by atoms with E-state index < -0.39 is 42.0 Å². The molecule has 0 radical (unpaired) electrons. The fourth-order valence-corrected chi connectivity index (χ4v) is 2.24. The number of aliphatic imine (C=N–C) groups is 1. The molecule has 0 aromatic heterocycles. The number of rotatable bonds is 12. The van der Waals surface area contributed by atoms with Gasteiger partial charge in [0.05, 0.1) is 12.1 Å².